The minimum absolute atomic E-state index is 0.0158. The van der Waals surface area contributed by atoms with Crippen LogP contribution in [0.15, 0.2) is 48.7 Å². The standard InChI is InChI=1S/C17H15ClN4O3/c1-2-20(11-12-7-3-4-8-13(12)22(24)25)17(23)15-16(18)19-14-9-5-6-10-21(14)15/h3-10H,2,11H2,1H3. The molecule has 0 aliphatic heterocycles. The van der Waals surface area contributed by atoms with E-state index in [1.165, 1.54) is 11.0 Å². The molecule has 0 saturated carbocycles. The molecule has 25 heavy (non-hydrogen) atoms. The number of halogens is 1. The van der Waals surface area contributed by atoms with Crippen LogP contribution in [0.4, 0.5) is 5.69 Å². The van der Waals surface area contributed by atoms with Gasteiger partial charge < -0.3 is 4.90 Å². The van der Waals surface area contributed by atoms with Crippen LogP contribution in [0.1, 0.15) is 23.0 Å². The van der Waals surface area contributed by atoms with Crippen LogP contribution >= 0.6 is 11.6 Å². The Labute approximate surface area is 148 Å². The number of rotatable bonds is 5. The smallest absolute Gasteiger partial charge is 0.274 e. The Bertz CT molecular complexity index is 954. The van der Waals surface area contributed by atoms with Crippen molar-refractivity contribution in [3.8, 4) is 0 Å². The molecule has 0 fully saturated rings. The molecule has 0 spiro atoms. The first-order valence-corrected chi connectivity index (χ1v) is 8.05. The highest BCUT2D eigenvalue weighted by Gasteiger charge is 2.24. The lowest BCUT2D eigenvalue weighted by atomic mass is 10.1. The van der Waals surface area contributed by atoms with E-state index in [0.717, 1.165) is 0 Å². The Morgan fingerprint density at radius 1 is 1.28 bits per heavy atom. The summed E-state index contributed by atoms with van der Waals surface area (Å²) in [5.41, 5.74) is 1.26. The summed E-state index contributed by atoms with van der Waals surface area (Å²) in [5, 5.41) is 11.3. The van der Waals surface area contributed by atoms with Crippen LogP contribution in [0, 0.1) is 10.1 Å². The zero-order valence-corrected chi connectivity index (χ0v) is 14.2. The molecule has 0 N–H and O–H groups in total. The Morgan fingerprint density at radius 2 is 2.00 bits per heavy atom. The predicted octanol–water partition coefficient (Wildman–Crippen LogP) is 3.56. The molecular weight excluding hydrogens is 344 g/mol. The number of para-hydroxylation sites is 1. The summed E-state index contributed by atoms with van der Waals surface area (Å²) < 4.78 is 1.62. The number of imidazole rings is 1. The van der Waals surface area contributed by atoms with Crippen LogP contribution in [0.25, 0.3) is 5.65 Å². The number of benzene rings is 1. The molecule has 3 rings (SSSR count). The Balaban J connectivity index is 1.97. The van der Waals surface area contributed by atoms with E-state index in [1.807, 2.05) is 6.92 Å². The first-order valence-electron chi connectivity index (χ1n) is 7.67. The van der Waals surface area contributed by atoms with Crippen LogP contribution in [0.2, 0.25) is 5.15 Å². The molecular formula is C17H15ClN4O3. The summed E-state index contributed by atoms with van der Waals surface area (Å²) >= 11 is 6.16. The fourth-order valence-corrected chi connectivity index (χ4v) is 2.92. The molecule has 0 unspecified atom stereocenters. The highest BCUT2D eigenvalue weighted by Crippen LogP contribution is 2.23. The number of pyridine rings is 1. The van der Waals surface area contributed by atoms with Crippen molar-refractivity contribution >= 4 is 28.8 Å². The number of hydrogen-bond acceptors (Lipinski definition) is 4. The first kappa shape index (κ1) is 16.9. The molecule has 0 atom stereocenters. The van der Waals surface area contributed by atoms with E-state index in [-0.39, 0.29) is 29.0 Å². The van der Waals surface area contributed by atoms with E-state index >= 15 is 0 Å². The van der Waals surface area contributed by atoms with Gasteiger partial charge in [-0.3, -0.25) is 19.3 Å². The minimum atomic E-state index is -0.450. The van der Waals surface area contributed by atoms with Crippen molar-refractivity contribution in [2.24, 2.45) is 0 Å². The lowest BCUT2D eigenvalue weighted by molar-refractivity contribution is -0.385. The Morgan fingerprint density at radius 3 is 2.72 bits per heavy atom. The van der Waals surface area contributed by atoms with Gasteiger partial charge in [-0.1, -0.05) is 35.9 Å². The van der Waals surface area contributed by atoms with Crippen molar-refractivity contribution < 1.29 is 9.72 Å². The van der Waals surface area contributed by atoms with Crippen molar-refractivity contribution in [1.82, 2.24) is 14.3 Å². The summed E-state index contributed by atoms with van der Waals surface area (Å²) in [6.07, 6.45) is 1.71. The van der Waals surface area contributed by atoms with E-state index in [0.29, 0.717) is 17.8 Å². The minimum Gasteiger partial charge on any atom is -0.333 e. The quantitative estimate of drug-likeness (QED) is 0.516. The van der Waals surface area contributed by atoms with Gasteiger partial charge in [0.2, 0.25) is 0 Å². The topological polar surface area (TPSA) is 80.8 Å². The second-order valence-electron chi connectivity index (χ2n) is 5.39. The van der Waals surface area contributed by atoms with Gasteiger partial charge in [-0.25, -0.2) is 4.98 Å². The van der Waals surface area contributed by atoms with Crippen molar-refractivity contribution in [3.63, 3.8) is 0 Å². The molecule has 3 aromatic rings. The number of hydrogen-bond donors (Lipinski definition) is 0. The monoisotopic (exact) mass is 358 g/mol. The van der Waals surface area contributed by atoms with Crippen LogP contribution in [0.3, 0.4) is 0 Å². The largest absolute Gasteiger partial charge is 0.333 e. The molecule has 0 saturated heterocycles. The van der Waals surface area contributed by atoms with Gasteiger partial charge in [0.25, 0.3) is 11.6 Å². The Hall–Kier alpha value is -2.93. The van der Waals surface area contributed by atoms with E-state index in [9.17, 15) is 14.9 Å². The van der Waals surface area contributed by atoms with Gasteiger partial charge in [-0.05, 0) is 19.1 Å². The number of aromatic nitrogens is 2. The maximum absolute atomic E-state index is 13.0. The Kier molecular flexibility index (Phi) is 4.67. The summed E-state index contributed by atoms with van der Waals surface area (Å²) in [7, 11) is 0. The van der Waals surface area contributed by atoms with E-state index in [1.54, 1.807) is 47.0 Å². The van der Waals surface area contributed by atoms with Crippen molar-refractivity contribution in [2.75, 3.05) is 6.54 Å². The summed E-state index contributed by atoms with van der Waals surface area (Å²) in [6.45, 7) is 2.30. The number of carbonyl (C=O) groups is 1. The zero-order chi connectivity index (χ0) is 18.0. The van der Waals surface area contributed by atoms with Gasteiger partial charge in [0.05, 0.1) is 11.5 Å². The second-order valence-corrected chi connectivity index (χ2v) is 5.74. The molecule has 2 heterocycles. The molecule has 8 heteroatoms. The lowest BCUT2D eigenvalue weighted by Crippen LogP contribution is -2.31. The van der Waals surface area contributed by atoms with E-state index in [2.05, 4.69) is 4.98 Å². The van der Waals surface area contributed by atoms with E-state index < -0.39 is 4.92 Å². The molecule has 1 amide bonds. The van der Waals surface area contributed by atoms with Gasteiger partial charge in [0, 0.05) is 24.4 Å². The van der Waals surface area contributed by atoms with Gasteiger partial charge in [0.15, 0.2) is 10.8 Å². The van der Waals surface area contributed by atoms with Crippen LogP contribution in [-0.2, 0) is 6.54 Å². The number of amides is 1. The number of nitro groups is 1. The molecule has 0 aliphatic carbocycles. The van der Waals surface area contributed by atoms with Gasteiger partial charge >= 0.3 is 0 Å². The van der Waals surface area contributed by atoms with Crippen LogP contribution in [-0.4, -0.2) is 31.7 Å². The molecule has 2 aromatic heterocycles. The third-order valence-electron chi connectivity index (χ3n) is 3.91. The van der Waals surface area contributed by atoms with Crippen LogP contribution < -0.4 is 0 Å². The van der Waals surface area contributed by atoms with Crippen molar-refractivity contribution in [1.29, 1.82) is 0 Å². The van der Waals surface area contributed by atoms with Crippen molar-refractivity contribution in [2.45, 2.75) is 13.5 Å². The third-order valence-corrected chi connectivity index (χ3v) is 4.17. The maximum Gasteiger partial charge on any atom is 0.274 e. The van der Waals surface area contributed by atoms with Crippen molar-refractivity contribution in [3.05, 3.63) is 75.2 Å². The molecule has 0 radical (unpaired) electrons. The predicted molar refractivity (Wildman–Crippen MR) is 93.7 cm³/mol. The fraction of sp³-hybridized carbons (Fsp3) is 0.176. The number of nitrogens with zero attached hydrogens (tertiary/aromatic N) is 4. The summed E-state index contributed by atoms with van der Waals surface area (Å²) in [6, 6.07) is 11.7. The summed E-state index contributed by atoms with van der Waals surface area (Å²) in [4.78, 5) is 29.4. The number of fused-ring (bicyclic) bond motifs is 1. The average Bonchev–Trinajstić information content (AvgIpc) is 2.95. The second kappa shape index (κ2) is 6.90. The highest BCUT2D eigenvalue weighted by atomic mass is 35.5. The molecule has 7 nitrogen and oxygen atoms in total. The van der Waals surface area contributed by atoms with Gasteiger partial charge in [-0.15, -0.1) is 0 Å². The highest BCUT2D eigenvalue weighted by molar-refractivity contribution is 6.32. The summed E-state index contributed by atoms with van der Waals surface area (Å²) in [5.74, 6) is -0.329. The van der Waals surface area contributed by atoms with Gasteiger partial charge in [0.1, 0.15) is 5.65 Å². The molecule has 0 bridgehead atoms. The van der Waals surface area contributed by atoms with Crippen LogP contribution in [0.5, 0.6) is 0 Å². The number of nitro benzene ring substituents is 1. The average molecular weight is 359 g/mol. The third kappa shape index (κ3) is 3.18. The van der Waals surface area contributed by atoms with Gasteiger partial charge in [-0.2, -0.15) is 0 Å². The normalized spacial score (nSPS) is 10.8. The zero-order valence-electron chi connectivity index (χ0n) is 13.4. The molecule has 128 valence electrons. The number of carbonyl (C=O) groups excluding carboxylic acids is 1. The maximum atomic E-state index is 13.0. The molecule has 0 aliphatic rings. The fourth-order valence-electron chi connectivity index (χ4n) is 2.66. The van der Waals surface area contributed by atoms with E-state index in [4.69, 9.17) is 11.6 Å². The first-order chi connectivity index (χ1) is 12.0. The molecule has 1 aromatic carbocycles. The lowest BCUT2D eigenvalue weighted by Gasteiger charge is -2.20. The SMILES string of the molecule is CCN(Cc1ccccc1[N+](=O)[O-])C(=O)c1c(Cl)nc2ccccn12.